The molecule has 0 fully saturated rings. The van der Waals surface area contributed by atoms with Crippen LogP contribution in [0.4, 0.5) is 0 Å². The van der Waals surface area contributed by atoms with Crippen molar-refractivity contribution in [3.63, 3.8) is 0 Å². The van der Waals surface area contributed by atoms with Gasteiger partial charge in [-0.15, -0.1) is 0 Å². The van der Waals surface area contributed by atoms with Gasteiger partial charge < -0.3 is 5.11 Å². The molecule has 4 heteroatoms. The number of aliphatic hydroxyl groups is 1. The van der Waals surface area contributed by atoms with Crippen LogP contribution in [0.3, 0.4) is 0 Å². The summed E-state index contributed by atoms with van der Waals surface area (Å²) in [5, 5.41) is 19.8. The van der Waals surface area contributed by atoms with E-state index in [4.69, 9.17) is 0 Å². The molecule has 0 aliphatic carbocycles. The molecule has 0 aromatic carbocycles. The fourth-order valence-corrected chi connectivity index (χ4v) is 0.953. The molecule has 2 unspecified atom stereocenters. The van der Waals surface area contributed by atoms with Crippen molar-refractivity contribution >= 4 is 0 Å². The van der Waals surface area contributed by atoms with Gasteiger partial charge in [-0.25, -0.2) is 0 Å². The zero-order valence-electron chi connectivity index (χ0n) is 7.86. The highest BCUT2D eigenvalue weighted by molar-refractivity contribution is 4.65. The number of nitro groups is 1. The molecule has 0 amide bonds. The van der Waals surface area contributed by atoms with Crippen molar-refractivity contribution in [3.05, 3.63) is 10.1 Å². The van der Waals surface area contributed by atoms with E-state index in [0.29, 0.717) is 6.42 Å². The predicted molar refractivity (Wildman–Crippen MR) is 46.5 cm³/mol. The van der Waals surface area contributed by atoms with Gasteiger partial charge in [0.2, 0.25) is 6.04 Å². The van der Waals surface area contributed by atoms with Crippen LogP contribution in [0.5, 0.6) is 0 Å². The largest absolute Gasteiger partial charge is 0.393 e. The number of hydrogen-bond acceptors (Lipinski definition) is 3. The highest BCUT2D eigenvalue weighted by atomic mass is 16.6. The standard InChI is InChI=1S/C8H17NO3/c1-4-7(9(11)12)5-8(10)6(2)3/h6-8,10H,4-5H2,1-3H3. The fourth-order valence-electron chi connectivity index (χ4n) is 0.953. The van der Waals surface area contributed by atoms with Gasteiger partial charge in [0.1, 0.15) is 0 Å². The number of hydrogen-bond donors (Lipinski definition) is 1. The molecule has 2 atom stereocenters. The van der Waals surface area contributed by atoms with E-state index >= 15 is 0 Å². The molecule has 72 valence electrons. The van der Waals surface area contributed by atoms with E-state index in [-0.39, 0.29) is 17.3 Å². The fraction of sp³-hybridized carbons (Fsp3) is 1.00. The second-order valence-corrected chi connectivity index (χ2v) is 3.39. The molecular weight excluding hydrogens is 158 g/mol. The van der Waals surface area contributed by atoms with Crippen LogP contribution in [0.2, 0.25) is 0 Å². The summed E-state index contributed by atoms with van der Waals surface area (Å²) >= 11 is 0. The van der Waals surface area contributed by atoms with Gasteiger partial charge in [0.05, 0.1) is 6.10 Å². The lowest BCUT2D eigenvalue weighted by molar-refractivity contribution is -0.525. The molecule has 0 heterocycles. The Labute approximate surface area is 72.7 Å². The van der Waals surface area contributed by atoms with E-state index in [0.717, 1.165) is 0 Å². The van der Waals surface area contributed by atoms with Crippen LogP contribution in [0, 0.1) is 16.0 Å². The van der Waals surface area contributed by atoms with Gasteiger partial charge in [-0.3, -0.25) is 10.1 Å². The molecule has 0 aliphatic rings. The Balaban J connectivity index is 3.94. The van der Waals surface area contributed by atoms with Crippen molar-refractivity contribution in [2.24, 2.45) is 5.92 Å². The number of nitrogens with zero attached hydrogens (tertiary/aromatic N) is 1. The van der Waals surface area contributed by atoms with Crippen LogP contribution in [0.15, 0.2) is 0 Å². The second kappa shape index (κ2) is 5.09. The molecule has 0 saturated heterocycles. The summed E-state index contributed by atoms with van der Waals surface area (Å²) in [4.78, 5) is 10.1. The van der Waals surface area contributed by atoms with Crippen molar-refractivity contribution in [3.8, 4) is 0 Å². The molecule has 12 heavy (non-hydrogen) atoms. The molecule has 4 nitrogen and oxygen atoms in total. The van der Waals surface area contributed by atoms with Gasteiger partial charge in [-0.05, 0) is 5.92 Å². The molecule has 0 aromatic heterocycles. The zero-order chi connectivity index (χ0) is 9.72. The lowest BCUT2D eigenvalue weighted by Gasteiger charge is -2.15. The van der Waals surface area contributed by atoms with Crippen LogP contribution in [0.1, 0.15) is 33.6 Å². The van der Waals surface area contributed by atoms with E-state index in [1.807, 2.05) is 13.8 Å². The van der Waals surface area contributed by atoms with E-state index < -0.39 is 12.1 Å². The number of aliphatic hydroxyl groups excluding tert-OH is 1. The summed E-state index contributed by atoms with van der Waals surface area (Å²) in [6, 6.07) is -0.595. The van der Waals surface area contributed by atoms with Crippen LogP contribution in [-0.2, 0) is 0 Å². The van der Waals surface area contributed by atoms with E-state index in [9.17, 15) is 15.2 Å². The Morgan fingerprint density at radius 2 is 2.00 bits per heavy atom. The van der Waals surface area contributed by atoms with Crippen molar-refractivity contribution in [2.75, 3.05) is 0 Å². The summed E-state index contributed by atoms with van der Waals surface area (Å²) in [5.74, 6) is 0.0963. The van der Waals surface area contributed by atoms with E-state index in [2.05, 4.69) is 0 Å². The third-order valence-corrected chi connectivity index (χ3v) is 2.05. The van der Waals surface area contributed by atoms with Gasteiger partial charge in [-0.2, -0.15) is 0 Å². The topological polar surface area (TPSA) is 63.4 Å². The second-order valence-electron chi connectivity index (χ2n) is 3.39. The molecule has 0 bridgehead atoms. The third kappa shape index (κ3) is 3.67. The Morgan fingerprint density at radius 3 is 2.25 bits per heavy atom. The highest BCUT2D eigenvalue weighted by Crippen LogP contribution is 2.12. The van der Waals surface area contributed by atoms with Crippen LogP contribution in [0.25, 0.3) is 0 Å². The van der Waals surface area contributed by atoms with Gasteiger partial charge in [0.15, 0.2) is 0 Å². The minimum atomic E-state index is -0.595. The molecule has 0 aliphatic heterocycles. The van der Waals surface area contributed by atoms with Gasteiger partial charge in [0.25, 0.3) is 0 Å². The SMILES string of the molecule is CCC(CC(O)C(C)C)[N+](=O)[O-]. The first kappa shape index (κ1) is 11.4. The summed E-state index contributed by atoms with van der Waals surface area (Å²) in [6.07, 6.45) is 0.193. The Bertz CT molecular complexity index is 147. The van der Waals surface area contributed by atoms with Gasteiger partial charge in [0, 0.05) is 17.8 Å². The lowest BCUT2D eigenvalue weighted by Crippen LogP contribution is -2.27. The quantitative estimate of drug-likeness (QED) is 0.508. The van der Waals surface area contributed by atoms with Crippen LogP contribution >= 0.6 is 0 Å². The number of rotatable bonds is 5. The average Bonchev–Trinajstić information content (AvgIpc) is 1.98. The molecule has 0 rings (SSSR count). The minimum absolute atomic E-state index is 0.0963. The predicted octanol–water partition coefficient (Wildman–Crippen LogP) is 1.45. The normalized spacial score (nSPS) is 16.1. The molecule has 0 radical (unpaired) electrons. The van der Waals surface area contributed by atoms with Gasteiger partial charge in [-0.1, -0.05) is 20.8 Å². The van der Waals surface area contributed by atoms with E-state index in [1.165, 1.54) is 0 Å². The third-order valence-electron chi connectivity index (χ3n) is 2.05. The first-order chi connectivity index (χ1) is 5.49. The van der Waals surface area contributed by atoms with Crippen LogP contribution in [-0.4, -0.2) is 22.2 Å². The van der Waals surface area contributed by atoms with Crippen molar-refractivity contribution in [2.45, 2.75) is 45.8 Å². The first-order valence-electron chi connectivity index (χ1n) is 4.30. The first-order valence-corrected chi connectivity index (χ1v) is 4.30. The maximum absolute atomic E-state index is 10.4. The summed E-state index contributed by atoms with van der Waals surface area (Å²) in [6.45, 7) is 5.48. The maximum Gasteiger partial charge on any atom is 0.215 e. The Kier molecular flexibility index (Phi) is 4.81. The molecule has 0 saturated carbocycles. The molecule has 1 N–H and O–H groups in total. The minimum Gasteiger partial charge on any atom is -0.393 e. The van der Waals surface area contributed by atoms with Crippen LogP contribution < -0.4 is 0 Å². The highest BCUT2D eigenvalue weighted by Gasteiger charge is 2.23. The Hall–Kier alpha value is -0.640. The summed E-state index contributed by atoms with van der Waals surface area (Å²) in [7, 11) is 0. The maximum atomic E-state index is 10.4. The van der Waals surface area contributed by atoms with E-state index in [1.54, 1.807) is 6.92 Å². The Morgan fingerprint density at radius 1 is 1.50 bits per heavy atom. The average molecular weight is 175 g/mol. The summed E-state index contributed by atoms with van der Waals surface area (Å²) in [5.41, 5.74) is 0. The van der Waals surface area contributed by atoms with Gasteiger partial charge >= 0.3 is 0 Å². The van der Waals surface area contributed by atoms with Crippen molar-refractivity contribution in [1.82, 2.24) is 0 Å². The molecular formula is C8H17NO3. The smallest absolute Gasteiger partial charge is 0.215 e. The molecule has 0 aromatic rings. The zero-order valence-corrected chi connectivity index (χ0v) is 7.86. The molecule has 0 spiro atoms. The summed E-state index contributed by atoms with van der Waals surface area (Å²) < 4.78 is 0. The van der Waals surface area contributed by atoms with Crippen molar-refractivity contribution < 1.29 is 10.0 Å². The lowest BCUT2D eigenvalue weighted by atomic mass is 9.99. The van der Waals surface area contributed by atoms with Crippen molar-refractivity contribution in [1.29, 1.82) is 0 Å². The monoisotopic (exact) mass is 175 g/mol.